The van der Waals surface area contributed by atoms with Crippen molar-refractivity contribution in [3.63, 3.8) is 0 Å². The van der Waals surface area contributed by atoms with Gasteiger partial charge in [0.05, 0.1) is 76.4 Å². The predicted molar refractivity (Wildman–Crippen MR) is 464 cm³/mol. The average Bonchev–Trinajstić information content (AvgIpc) is 1.11. The molecule has 4 aliphatic carbocycles. The van der Waals surface area contributed by atoms with Gasteiger partial charge in [-0.1, -0.05) is 276 Å². The molecule has 0 atom stereocenters. The van der Waals surface area contributed by atoms with Crippen LogP contribution in [0.25, 0.3) is 176 Å². The fraction of sp³-hybridized carbons (Fsp3) is 0.118. The minimum Gasteiger partial charge on any atom is -0.308 e. The molecule has 15 aromatic carbocycles. The summed E-state index contributed by atoms with van der Waals surface area (Å²) in [6, 6.07) is 118. The number of hydrogen-bond donors (Lipinski definition) is 0. The largest absolute Gasteiger partial charge is 0.308 e. The van der Waals surface area contributed by atoms with Gasteiger partial charge in [-0.2, -0.15) is 0 Å². The number of nitrogens with zero attached hydrogens (tertiary/aromatic N) is 6. The summed E-state index contributed by atoms with van der Waals surface area (Å²) in [6.07, 6.45) is 0. The van der Waals surface area contributed by atoms with Crippen molar-refractivity contribution >= 4 is 112 Å². The second-order valence-corrected chi connectivity index (χ2v) is 37.6. The summed E-state index contributed by atoms with van der Waals surface area (Å²) in [6.45, 7) is 20.2. The Morgan fingerprint density at radius 3 is 0.573 bits per heavy atom. The summed E-state index contributed by atoms with van der Waals surface area (Å²) >= 11 is 0. The average molecular weight is 1450 g/mol. The molecule has 21 aromatic rings. The topological polar surface area (TPSA) is 29.6 Å². The van der Waals surface area contributed by atoms with E-state index in [1.54, 1.807) is 0 Å². The number of hydrogen-bond acceptors (Lipinski definition) is 0. The maximum Gasteiger partial charge on any atom is 0.0852 e. The summed E-state index contributed by atoms with van der Waals surface area (Å²) in [4.78, 5) is 0. The highest BCUT2D eigenvalue weighted by atomic mass is 31.1. The highest BCUT2D eigenvalue weighted by molar-refractivity contribution is 7.65. The molecule has 522 valence electrons. The van der Waals surface area contributed by atoms with Gasteiger partial charge in [0.15, 0.2) is 0 Å². The third kappa shape index (κ3) is 7.27. The summed E-state index contributed by atoms with van der Waals surface area (Å²) < 4.78 is 16.9. The second-order valence-electron chi connectivity index (χ2n) is 33.5. The van der Waals surface area contributed by atoms with Crippen molar-refractivity contribution in [1.29, 1.82) is 0 Å². The zero-order chi connectivity index (χ0) is 73.1. The molecule has 8 heteroatoms. The molecule has 0 spiro atoms. The maximum atomic E-state index is 2.83. The van der Waals surface area contributed by atoms with Crippen LogP contribution in [0.3, 0.4) is 0 Å². The normalized spacial score (nSPS) is 15.2. The lowest BCUT2D eigenvalue weighted by Gasteiger charge is -2.36. The summed E-state index contributed by atoms with van der Waals surface area (Å²) in [5.74, 6) is 0. The number of benzene rings is 15. The van der Waals surface area contributed by atoms with Crippen LogP contribution < -0.4 is 0 Å². The third-order valence-electron chi connectivity index (χ3n) is 26.6. The van der Waals surface area contributed by atoms with Crippen LogP contribution in [0.5, 0.6) is 0 Å². The molecule has 25 rings (SSSR count). The van der Waals surface area contributed by atoms with Crippen LogP contribution in [-0.2, 0) is 21.7 Å². The molecule has 0 fully saturated rings. The molecule has 0 N–H and O–H groups in total. The fourth-order valence-electron chi connectivity index (χ4n) is 22.4. The van der Waals surface area contributed by atoms with E-state index in [0.717, 1.165) is 34.1 Å². The van der Waals surface area contributed by atoms with Crippen molar-refractivity contribution in [2.24, 2.45) is 0 Å². The first kappa shape index (κ1) is 61.7. The zero-order valence-electron chi connectivity index (χ0n) is 62.4. The van der Waals surface area contributed by atoms with Gasteiger partial charge in [0, 0.05) is 76.3 Å². The third-order valence-corrected chi connectivity index (χ3v) is 31.9. The lowest BCUT2D eigenvalue weighted by Crippen LogP contribution is -2.21. The number of fused-ring (bicyclic) bond motifs is 18. The van der Waals surface area contributed by atoms with E-state index in [0.29, 0.717) is 0 Å². The highest BCUT2D eigenvalue weighted by Gasteiger charge is 2.48. The van der Waals surface area contributed by atoms with Gasteiger partial charge in [-0.25, -0.2) is 0 Å². The van der Waals surface area contributed by atoms with Crippen LogP contribution in [0, 0.1) is 0 Å². The van der Waals surface area contributed by atoms with Crippen molar-refractivity contribution in [2.45, 2.75) is 77.0 Å². The van der Waals surface area contributed by atoms with E-state index < -0.39 is 36.3 Å². The molecule has 6 nitrogen and oxygen atoms in total. The molecular weight excluding hydrogens is 1370 g/mol. The van der Waals surface area contributed by atoms with E-state index in [1.807, 2.05) is 0 Å². The Labute approximate surface area is 638 Å². The Morgan fingerprint density at radius 2 is 0.364 bits per heavy atom. The lowest BCUT2D eigenvalue weighted by molar-refractivity contribution is 0.659. The molecular formula is C102H74N6P2. The van der Waals surface area contributed by atoms with Gasteiger partial charge in [-0.05, 0) is 186 Å². The van der Waals surface area contributed by atoms with Crippen LogP contribution in [-0.4, -0.2) is 27.4 Å². The van der Waals surface area contributed by atoms with Crippen LogP contribution in [0.15, 0.2) is 303 Å². The standard InChI is InChI=1S/C102H74N6P2/c1-99(2)73-51-31-27-47-65(73)69-55-77-93-85(81(69)99)107(63-43-23-13-24-44-63)86-82-70(66-48-28-32-52-74(66)100(82,3)4)56-78-94(86)109(93)97-89(103(77)59-35-15-9-16-36-59)91-98-92(90(97)104(78)60-37-17-10-18-38-60)106(62-41-21-12-22-42-62)80-58-72-68-50-30-34-54-76(68)102(7,8)84(72)88-96(80)110(98)95-79(105(91)61-39-19-11-20-40-61)57-71-67-49-29-33-53-75(67)101(5,6)83(71)87(95)108(88)64-45-25-14-26-46-64/h9-58H,1-8H3. The minimum atomic E-state index is -1.56. The highest BCUT2D eigenvalue weighted by Crippen LogP contribution is 2.70. The van der Waals surface area contributed by atoms with Crippen LogP contribution in [0.4, 0.5) is 0 Å². The van der Waals surface area contributed by atoms with Gasteiger partial charge in [-0.3, -0.25) is 0 Å². The molecule has 6 heterocycles. The minimum absolute atomic E-state index is 0.418. The first-order valence-electron chi connectivity index (χ1n) is 38.9. The molecule has 0 bridgehead atoms. The SMILES string of the molecule is CC1(C)c2ccccc2-c2cc3c4c(c21)n(-c1ccccc1)c1c2c(cc5c1p4c1c(c4c6c(c1n5-c1ccccc1)n(-c1ccccc1)c1cc5c(c7c1p6c1c(cc6c(c1n7-c1ccccc1)C(C)(C)c1ccccc1-6)n4-c1ccccc1)C(C)(C)c1ccccc1-5)n3-c1ccccc1)-c1ccccc1C2(C)C. The summed E-state index contributed by atoms with van der Waals surface area (Å²) in [7, 11) is -3.11. The van der Waals surface area contributed by atoms with Crippen molar-refractivity contribution in [2.75, 3.05) is 0 Å². The fourth-order valence-corrected chi connectivity index (χ4v) is 28.6. The second kappa shape index (κ2) is 20.9. The molecule has 0 saturated heterocycles. The van der Waals surface area contributed by atoms with Crippen molar-refractivity contribution in [3.05, 3.63) is 348 Å². The molecule has 0 amide bonds. The molecule has 4 aliphatic rings. The Morgan fingerprint density at radius 1 is 0.182 bits per heavy atom. The zero-order valence-corrected chi connectivity index (χ0v) is 64.2. The predicted octanol–water partition coefficient (Wildman–Crippen LogP) is 27.8. The van der Waals surface area contributed by atoms with Gasteiger partial charge in [0.25, 0.3) is 0 Å². The Hall–Kier alpha value is -12.3. The van der Waals surface area contributed by atoms with Crippen molar-refractivity contribution < 1.29 is 0 Å². The van der Waals surface area contributed by atoms with E-state index in [2.05, 4.69) is 386 Å². The molecule has 6 aromatic heterocycles. The Bertz CT molecular complexity index is 6840. The summed E-state index contributed by atoms with van der Waals surface area (Å²) in [5.41, 5.74) is 41.6. The van der Waals surface area contributed by atoms with Crippen molar-refractivity contribution in [1.82, 2.24) is 27.4 Å². The molecule has 0 radical (unpaired) electrons. The van der Waals surface area contributed by atoms with E-state index in [-0.39, 0.29) is 0 Å². The molecule has 0 saturated carbocycles. The van der Waals surface area contributed by atoms with Crippen molar-refractivity contribution in [3.8, 4) is 78.6 Å². The Kier molecular flexibility index (Phi) is 11.7. The number of para-hydroxylation sites is 6. The van der Waals surface area contributed by atoms with E-state index in [4.69, 9.17) is 0 Å². The van der Waals surface area contributed by atoms with E-state index in [9.17, 15) is 0 Å². The van der Waals surface area contributed by atoms with Gasteiger partial charge in [0.2, 0.25) is 0 Å². The monoisotopic (exact) mass is 1440 g/mol. The molecule has 110 heavy (non-hydrogen) atoms. The quantitative estimate of drug-likeness (QED) is 0.117. The first-order chi connectivity index (χ1) is 53.7. The maximum absolute atomic E-state index is 2.83. The van der Waals surface area contributed by atoms with Gasteiger partial charge in [0.1, 0.15) is 0 Å². The smallest absolute Gasteiger partial charge is 0.0852 e. The lowest BCUT2D eigenvalue weighted by atomic mass is 9.81. The summed E-state index contributed by atoms with van der Waals surface area (Å²) in [5, 5.41) is 8.32. The number of aromatic nitrogens is 6. The van der Waals surface area contributed by atoms with E-state index in [1.165, 1.54) is 186 Å². The van der Waals surface area contributed by atoms with E-state index >= 15 is 0 Å². The molecule has 0 aliphatic heterocycles. The molecule has 0 unspecified atom stereocenters. The number of rotatable bonds is 6. The van der Waals surface area contributed by atoms with Gasteiger partial charge < -0.3 is 27.4 Å². The Balaban J connectivity index is 1.11. The first-order valence-corrected chi connectivity index (χ1v) is 41.6. The van der Waals surface area contributed by atoms with Crippen LogP contribution in [0.1, 0.15) is 99.9 Å². The van der Waals surface area contributed by atoms with Gasteiger partial charge in [-0.15, -0.1) is 0 Å². The van der Waals surface area contributed by atoms with Crippen LogP contribution >= 0.6 is 14.7 Å². The van der Waals surface area contributed by atoms with Gasteiger partial charge >= 0.3 is 0 Å². The van der Waals surface area contributed by atoms with Crippen LogP contribution in [0.2, 0.25) is 0 Å².